The Labute approximate surface area is 149 Å². The van der Waals surface area contributed by atoms with E-state index in [1.54, 1.807) is 11.0 Å². The first-order valence-corrected chi connectivity index (χ1v) is 8.55. The lowest BCUT2D eigenvalue weighted by Crippen LogP contribution is -2.36. The fraction of sp³-hybridized carbons (Fsp3) is 0.273. The minimum atomic E-state index is -0.184. The second kappa shape index (κ2) is 6.94. The number of amides is 1. The molecule has 126 valence electrons. The summed E-state index contributed by atoms with van der Waals surface area (Å²) >= 11 is 0. The predicted octanol–water partition coefficient (Wildman–Crippen LogP) is 4.10. The van der Waals surface area contributed by atoms with Crippen molar-refractivity contribution in [3.8, 4) is 6.07 Å². The molecule has 3 rings (SSSR count). The fourth-order valence-electron chi connectivity index (χ4n) is 3.54. The number of benzene rings is 2. The Kier molecular flexibility index (Phi) is 4.72. The Balaban J connectivity index is 1.90. The molecule has 1 amide bonds. The molecule has 2 aromatic carbocycles. The van der Waals surface area contributed by atoms with Gasteiger partial charge >= 0.3 is 0 Å². The zero-order chi connectivity index (χ0) is 18.0. The number of hydrogen-bond donors (Lipinski definition) is 0. The summed E-state index contributed by atoms with van der Waals surface area (Å²) in [5.74, 6) is -0.184. The van der Waals surface area contributed by atoms with E-state index >= 15 is 0 Å². The SMILES string of the molecule is Cc1cc(C)c(/C=C(\C#N)C(=O)N2CCc3ccccc3C2)c(C)c1. The Hall–Kier alpha value is -2.86. The van der Waals surface area contributed by atoms with Crippen molar-refractivity contribution in [3.05, 3.63) is 75.4 Å². The van der Waals surface area contributed by atoms with Crippen molar-refractivity contribution in [2.45, 2.75) is 33.7 Å². The third-order valence-corrected chi connectivity index (χ3v) is 4.80. The highest BCUT2D eigenvalue weighted by atomic mass is 16.2. The minimum Gasteiger partial charge on any atom is -0.333 e. The normalized spacial score (nSPS) is 14.0. The van der Waals surface area contributed by atoms with Crippen molar-refractivity contribution in [3.63, 3.8) is 0 Å². The molecule has 0 atom stereocenters. The summed E-state index contributed by atoms with van der Waals surface area (Å²) in [4.78, 5) is 14.6. The second-order valence-corrected chi connectivity index (χ2v) is 6.73. The molecule has 0 bridgehead atoms. The number of rotatable bonds is 2. The molecule has 1 aliphatic rings. The van der Waals surface area contributed by atoms with Gasteiger partial charge in [-0.2, -0.15) is 5.26 Å². The van der Waals surface area contributed by atoms with Gasteiger partial charge in [0.25, 0.3) is 5.91 Å². The van der Waals surface area contributed by atoms with Crippen LogP contribution in [0, 0.1) is 32.1 Å². The minimum absolute atomic E-state index is 0.184. The van der Waals surface area contributed by atoms with E-state index in [1.807, 2.05) is 26.0 Å². The zero-order valence-electron chi connectivity index (χ0n) is 15.0. The van der Waals surface area contributed by atoms with E-state index < -0.39 is 0 Å². The van der Waals surface area contributed by atoms with E-state index in [2.05, 4.69) is 37.3 Å². The number of nitriles is 1. The topological polar surface area (TPSA) is 44.1 Å². The molecule has 0 spiro atoms. The lowest BCUT2D eigenvalue weighted by molar-refractivity contribution is -0.127. The molecule has 2 aromatic rings. The van der Waals surface area contributed by atoms with Crippen molar-refractivity contribution < 1.29 is 4.79 Å². The Morgan fingerprint density at radius 1 is 1.12 bits per heavy atom. The standard InChI is InChI=1S/C22H22N2O/c1-15-10-16(2)21(17(3)11-15)12-20(13-23)22(25)24-9-8-18-6-4-5-7-19(18)14-24/h4-7,10-12H,8-9,14H2,1-3H3/b20-12+. The first-order valence-electron chi connectivity index (χ1n) is 8.55. The van der Waals surface area contributed by atoms with Gasteiger partial charge in [-0.3, -0.25) is 4.79 Å². The summed E-state index contributed by atoms with van der Waals surface area (Å²) in [5.41, 5.74) is 6.98. The first kappa shape index (κ1) is 17.0. The number of hydrogen-bond acceptors (Lipinski definition) is 2. The van der Waals surface area contributed by atoms with Gasteiger partial charge in [-0.1, -0.05) is 42.0 Å². The van der Waals surface area contributed by atoms with Crippen LogP contribution in [0.2, 0.25) is 0 Å². The van der Waals surface area contributed by atoms with Gasteiger partial charge in [-0.05, 0) is 61.1 Å². The van der Waals surface area contributed by atoms with Crippen LogP contribution in [0.15, 0.2) is 42.0 Å². The fourth-order valence-corrected chi connectivity index (χ4v) is 3.54. The summed E-state index contributed by atoms with van der Waals surface area (Å²) < 4.78 is 0. The molecule has 0 unspecified atom stereocenters. The highest BCUT2D eigenvalue weighted by Crippen LogP contribution is 2.23. The van der Waals surface area contributed by atoms with E-state index in [1.165, 1.54) is 16.7 Å². The number of carbonyl (C=O) groups excluding carboxylic acids is 1. The van der Waals surface area contributed by atoms with E-state index in [9.17, 15) is 10.1 Å². The number of nitrogens with zero attached hydrogens (tertiary/aromatic N) is 2. The molecule has 0 N–H and O–H groups in total. The smallest absolute Gasteiger partial charge is 0.264 e. The van der Waals surface area contributed by atoms with Gasteiger partial charge in [-0.25, -0.2) is 0 Å². The van der Waals surface area contributed by atoms with Crippen LogP contribution in [0.5, 0.6) is 0 Å². The van der Waals surface area contributed by atoms with Gasteiger partial charge in [0.1, 0.15) is 11.6 Å². The summed E-state index contributed by atoms with van der Waals surface area (Å²) in [6.07, 6.45) is 2.58. The molecular weight excluding hydrogens is 308 g/mol. The van der Waals surface area contributed by atoms with Crippen LogP contribution in [0.3, 0.4) is 0 Å². The average molecular weight is 330 g/mol. The quantitative estimate of drug-likeness (QED) is 0.614. The summed E-state index contributed by atoms with van der Waals surface area (Å²) in [6, 6.07) is 14.5. The largest absolute Gasteiger partial charge is 0.333 e. The highest BCUT2D eigenvalue weighted by Gasteiger charge is 2.23. The van der Waals surface area contributed by atoms with Crippen LogP contribution >= 0.6 is 0 Å². The molecule has 0 saturated heterocycles. The number of aryl methyl sites for hydroxylation is 3. The van der Waals surface area contributed by atoms with Crippen LogP contribution < -0.4 is 0 Å². The summed E-state index contributed by atoms with van der Waals surface area (Å²) in [7, 11) is 0. The van der Waals surface area contributed by atoms with Gasteiger partial charge < -0.3 is 4.90 Å². The van der Waals surface area contributed by atoms with Gasteiger partial charge in [0.15, 0.2) is 0 Å². The van der Waals surface area contributed by atoms with Crippen molar-refractivity contribution in [2.24, 2.45) is 0 Å². The first-order chi connectivity index (χ1) is 12.0. The molecule has 1 heterocycles. The van der Waals surface area contributed by atoms with Gasteiger partial charge in [-0.15, -0.1) is 0 Å². The van der Waals surface area contributed by atoms with E-state index in [0.717, 1.165) is 23.1 Å². The molecule has 3 heteroatoms. The molecule has 3 nitrogen and oxygen atoms in total. The third kappa shape index (κ3) is 3.49. The lowest BCUT2D eigenvalue weighted by Gasteiger charge is -2.28. The average Bonchev–Trinajstić information content (AvgIpc) is 2.60. The number of fused-ring (bicyclic) bond motifs is 1. The van der Waals surface area contributed by atoms with Crippen molar-refractivity contribution in [2.75, 3.05) is 6.54 Å². The van der Waals surface area contributed by atoms with Crippen LogP contribution in [0.1, 0.15) is 33.4 Å². The highest BCUT2D eigenvalue weighted by molar-refractivity contribution is 6.02. The summed E-state index contributed by atoms with van der Waals surface area (Å²) in [5, 5.41) is 9.55. The molecule has 1 aliphatic heterocycles. The molecule has 0 fully saturated rings. The van der Waals surface area contributed by atoms with E-state index in [0.29, 0.717) is 13.1 Å². The van der Waals surface area contributed by atoms with Crippen LogP contribution in [0.4, 0.5) is 0 Å². The van der Waals surface area contributed by atoms with Gasteiger partial charge in [0.2, 0.25) is 0 Å². The van der Waals surface area contributed by atoms with Crippen molar-refractivity contribution >= 4 is 12.0 Å². The van der Waals surface area contributed by atoms with Gasteiger partial charge in [0.05, 0.1) is 0 Å². The van der Waals surface area contributed by atoms with Crippen LogP contribution in [-0.4, -0.2) is 17.4 Å². The molecular formula is C22H22N2O. The summed E-state index contributed by atoms with van der Waals surface area (Å²) in [6.45, 7) is 7.31. The van der Waals surface area contributed by atoms with Crippen molar-refractivity contribution in [1.29, 1.82) is 5.26 Å². The van der Waals surface area contributed by atoms with E-state index in [-0.39, 0.29) is 11.5 Å². The van der Waals surface area contributed by atoms with Crippen molar-refractivity contribution in [1.82, 2.24) is 4.90 Å². The molecule has 0 radical (unpaired) electrons. The maximum atomic E-state index is 12.9. The molecule has 0 aromatic heterocycles. The zero-order valence-corrected chi connectivity index (χ0v) is 15.0. The maximum absolute atomic E-state index is 12.9. The Morgan fingerprint density at radius 2 is 1.76 bits per heavy atom. The van der Waals surface area contributed by atoms with Crippen LogP contribution in [-0.2, 0) is 17.8 Å². The van der Waals surface area contributed by atoms with E-state index in [4.69, 9.17) is 0 Å². The number of carbonyl (C=O) groups is 1. The third-order valence-electron chi connectivity index (χ3n) is 4.80. The monoisotopic (exact) mass is 330 g/mol. The van der Waals surface area contributed by atoms with Crippen LogP contribution in [0.25, 0.3) is 6.08 Å². The lowest BCUT2D eigenvalue weighted by atomic mass is 9.96. The second-order valence-electron chi connectivity index (χ2n) is 6.73. The predicted molar refractivity (Wildman–Crippen MR) is 99.8 cm³/mol. The Bertz CT molecular complexity index is 879. The van der Waals surface area contributed by atoms with Gasteiger partial charge in [0, 0.05) is 13.1 Å². The molecule has 25 heavy (non-hydrogen) atoms. The maximum Gasteiger partial charge on any atom is 0.264 e. The Morgan fingerprint density at radius 3 is 2.40 bits per heavy atom. The molecule has 0 aliphatic carbocycles. The molecule has 0 saturated carbocycles.